The predicted molar refractivity (Wildman–Crippen MR) is 141 cm³/mol. The smallest absolute Gasteiger partial charge is 0.261 e. The highest BCUT2D eigenvalue weighted by molar-refractivity contribution is 14.1. The maximum atomic E-state index is 13.3. The van der Waals surface area contributed by atoms with Gasteiger partial charge in [-0.3, -0.25) is 9.59 Å². The topological polar surface area (TPSA) is 58.6 Å². The van der Waals surface area contributed by atoms with Gasteiger partial charge in [-0.25, -0.2) is 0 Å². The molecule has 1 N–H and O–H groups in total. The van der Waals surface area contributed by atoms with Crippen LogP contribution in [-0.2, 0) is 16.1 Å². The van der Waals surface area contributed by atoms with Gasteiger partial charge in [0.05, 0.1) is 10.0 Å². The molecule has 0 aromatic heterocycles. The highest BCUT2D eigenvalue weighted by Crippen LogP contribution is 2.25. The van der Waals surface area contributed by atoms with Crippen LogP contribution in [0.25, 0.3) is 0 Å². The zero-order valence-electron chi connectivity index (χ0n) is 18.7. The van der Waals surface area contributed by atoms with Crippen LogP contribution in [0.3, 0.4) is 0 Å². The van der Waals surface area contributed by atoms with E-state index in [9.17, 15) is 9.59 Å². The minimum atomic E-state index is -0.603. The van der Waals surface area contributed by atoms with E-state index in [0.29, 0.717) is 22.2 Å². The lowest BCUT2D eigenvalue weighted by Gasteiger charge is -2.32. The van der Waals surface area contributed by atoms with Crippen LogP contribution in [0.15, 0.2) is 42.5 Å². The van der Waals surface area contributed by atoms with Crippen LogP contribution in [0.4, 0.5) is 0 Å². The summed E-state index contributed by atoms with van der Waals surface area (Å²) in [6.07, 6.45) is 5.92. The van der Waals surface area contributed by atoms with Gasteiger partial charge in [0, 0.05) is 16.2 Å². The zero-order chi connectivity index (χ0) is 23.8. The highest BCUT2D eigenvalue weighted by atomic mass is 127. The first-order valence-electron chi connectivity index (χ1n) is 11.3. The quantitative estimate of drug-likeness (QED) is 0.346. The van der Waals surface area contributed by atoms with Crippen molar-refractivity contribution in [1.29, 1.82) is 0 Å². The summed E-state index contributed by atoms with van der Waals surface area (Å²) in [6.45, 7) is 2.00. The van der Waals surface area contributed by atoms with Crippen LogP contribution >= 0.6 is 45.8 Å². The number of halogens is 3. The molecule has 33 heavy (non-hydrogen) atoms. The third-order valence-corrected chi connectivity index (χ3v) is 7.31. The summed E-state index contributed by atoms with van der Waals surface area (Å²) in [5.74, 6) is 0.232. The van der Waals surface area contributed by atoms with Crippen LogP contribution in [-0.4, -0.2) is 35.4 Å². The number of amides is 2. The number of rotatable bonds is 9. The van der Waals surface area contributed by atoms with E-state index in [4.69, 9.17) is 27.9 Å². The van der Waals surface area contributed by atoms with Gasteiger partial charge in [-0.2, -0.15) is 0 Å². The molecule has 2 amide bonds. The Kier molecular flexibility index (Phi) is 10.1. The van der Waals surface area contributed by atoms with Gasteiger partial charge in [-0.15, -0.1) is 0 Å². The number of hydrogen-bond acceptors (Lipinski definition) is 3. The van der Waals surface area contributed by atoms with Crippen LogP contribution in [0.5, 0.6) is 5.75 Å². The lowest BCUT2D eigenvalue weighted by Crippen LogP contribution is -2.52. The Labute approximate surface area is 219 Å². The first kappa shape index (κ1) is 26.1. The zero-order valence-corrected chi connectivity index (χ0v) is 22.3. The maximum absolute atomic E-state index is 13.3. The standard InChI is InChI=1S/C25H29Cl2IN2O3/c1-2-23(25(32)29-19-6-4-3-5-7-19)30(15-17-8-13-21(26)22(27)14-17)24(31)16-33-20-11-9-18(28)10-12-20/h8-14,19,23H,2-7,15-16H2,1H3,(H,29,32). The minimum absolute atomic E-state index is 0.118. The molecular weight excluding hydrogens is 574 g/mol. The van der Waals surface area contributed by atoms with E-state index in [1.165, 1.54) is 6.42 Å². The predicted octanol–water partition coefficient (Wildman–Crippen LogP) is 6.23. The molecule has 3 rings (SSSR count). The van der Waals surface area contributed by atoms with Crippen molar-refractivity contribution in [2.75, 3.05) is 6.61 Å². The number of nitrogens with one attached hydrogen (secondary N) is 1. The summed E-state index contributed by atoms with van der Waals surface area (Å²) in [5, 5.41) is 4.03. The number of benzene rings is 2. The molecule has 2 aromatic rings. The van der Waals surface area contributed by atoms with Crippen molar-refractivity contribution in [3.63, 3.8) is 0 Å². The fourth-order valence-corrected chi connectivity index (χ4v) is 4.74. The SMILES string of the molecule is CCC(C(=O)NC1CCCCC1)N(Cc1ccc(Cl)c(Cl)c1)C(=O)COc1ccc(I)cc1. The van der Waals surface area contributed by atoms with Crippen molar-refractivity contribution in [1.82, 2.24) is 10.2 Å². The van der Waals surface area contributed by atoms with Gasteiger partial charge >= 0.3 is 0 Å². The molecule has 8 heteroatoms. The normalized spacial score (nSPS) is 15.0. The molecule has 0 saturated heterocycles. The van der Waals surface area contributed by atoms with Crippen molar-refractivity contribution in [2.45, 2.75) is 64.1 Å². The van der Waals surface area contributed by atoms with Crippen LogP contribution < -0.4 is 10.1 Å². The number of carbonyl (C=O) groups excluding carboxylic acids is 2. The summed E-state index contributed by atoms with van der Waals surface area (Å²) in [4.78, 5) is 28.1. The Morgan fingerprint density at radius 3 is 2.42 bits per heavy atom. The summed E-state index contributed by atoms with van der Waals surface area (Å²) in [6, 6.07) is 12.3. The third-order valence-electron chi connectivity index (χ3n) is 5.85. The van der Waals surface area contributed by atoms with Gasteiger partial charge in [0.15, 0.2) is 6.61 Å². The summed E-state index contributed by atoms with van der Waals surface area (Å²) < 4.78 is 6.82. The second kappa shape index (κ2) is 12.8. The average molecular weight is 603 g/mol. The Morgan fingerprint density at radius 2 is 1.79 bits per heavy atom. The fraction of sp³-hybridized carbons (Fsp3) is 0.440. The van der Waals surface area contributed by atoms with Crippen molar-refractivity contribution in [3.8, 4) is 5.75 Å². The second-order valence-corrected chi connectivity index (χ2v) is 10.3. The molecule has 1 fully saturated rings. The molecule has 2 aromatic carbocycles. The van der Waals surface area contributed by atoms with Crippen LogP contribution in [0.1, 0.15) is 51.0 Å². The molecule has 1 atom stereocenters. The molecule has 0 spiro atoms. The number of carbonyl (C=O) groups is 2. The van der Waals surface area contributed by atoms with Gasteiger partial charge in [0.25, 0.3) is 5.91 Å². The largest absolute Gasteiger partial charge is 0.484 e. The van der Waals surface area contributed by atoms with E-state index in [0.717, 1.165) is 34.8 Å². The van der Waals surface area contributed by atoms with Crippen molar-refractivity contribution in [3.05, 3.63) is 61.6 Å². The highest BCUT2D eigenvalue weighted by Gasteiger charge is 2.30. The molecule has 0 bridgehead atoms. The molecule has 1 aliphatic carbocycles. The van der Waals surface area contributed by atoms with E-state index in [1.807, 2.05) is 37.3 Å². The number of hydrogen-bond donors (Lipinski definition) is 1. The van der Waals surface area contributed by atoms with Crippen molar-refractivity contribution >= 4 is 57.6 Å². The van der Waals surface area contributed by atoms with E-state index < -0.39 is 6.04 Å². The summed E-state index contributed by atoms with van der Waals surface area (Å²) >= 11 is 14.5. The Balaban J connectivity index is 1.77. The molecule has 1 unspecified atom stereocenters. The molecule has 0 heterocycles. The van der Waals surface area contributed by atoms with Gasteiger partial charge in [0.2, 0.25) is 5.91 Å². The Morgan fingerprint density at radius 1 is 1.09 bits per heavy atom. The molecule has 0 aliphatic heterocycles. The minimum Gasteiger partial charge on any atom is -0.484 e. The maximum Gasteiger partial charge on any atom is 0.261 e. The summed E-state index contributed by atoms with van der Waals surface area (Å²) in [7, 11) is 0. The van der Waals surface area contributed by atoms with E-state index in [1.54, 1.807) is 17.0 Å². The molecule has 1 aliphatic rings. The van der Waals surface area contributed by atoms with E-state index >= 15 is 0 Å². The Hall–Kier alpha value is -1.51. The van der Waals surface area contributed by atoms with E-state index in [-0.39, 0.29) is 31.0 Å². The number of nitrogens with zero attached hydrogens (tertiary/aromatic N) is 1. The lowest BCUT2D eigenvalue weighted by molar-refractivity contribution is -0.143. The Bertz CT molecular complexity index is 949. The monoisotopic (exact) mass is 602 g/mol. The van der Waals surface area contributed by atoms with Crippen LogP contribution in [0, 0.1) is 3.57 Å². The summed E-state index contributed by atoms with van der Waals surface area (Å²) in [5.41, 5.74) is 0.802. The third kappa shape index (κ3) is 7.76. The molecule has 0 radical (unpaired) electrons. The lowest BCUT2D eigenvalue weighted by atomic mass is 9.95. The molecule has 1 saturated carbocycles. The fourth-order valence-electron chi connectivity index (χ4n) is 4.06. The number of ether oxygens (including phenoxy) is 1. The van der Waals surface area contributed by atoms with Crippen LogP contribution in [0.2, 0.25) is 10.0 Å². The molecule has 178 valence electrons. The van der Waals surface area contributed by atoms with Gasteiger partial charge in [-0.05, 0) is 83.8 Å². The van der Waals surface area contributed by atoms with Crippen molar-refractivity contribution in [2.24, 2.45) is 0 Å². The van der Waals surface area contributed by atoms with Gasteiger partial charge in [0.1, 0.15) is 11.8 Å². The first-order chi connectivity index (χ1) is 15.9. The van der Waals surface area contributed by atoms with Gasteiger partial charge < -0.3 is 15.0 Å². The van der Waals surface area contributed by atoms with E-state index in [2.05, 4.69) is 27.9 Å². The van der Waals surface area contributed by atoms with Gasteiger partial charge in [-0.1, -0.05) is 55.5 Å². The first-order valence-corrected chi connectivity index (χ1v) is 13.1. The molecule has 5 nitrogen and oxygen atoms in total. The average Bonchev–Trinajstić information content (AvgIpc) is 2.81. The second-order valence-electron chi connectivity index (χ2n) is 8.28. The molecular formula is C25H29Cl2IN2O3. The van der Waals surface area contributed by atoms with Crippen molar-refractivity contribution < 1.29 is 14.3 Å².